The van der Waals surface area contributed by atoms with Crippen LogP contribution in [0.15, 0.2) is 12.2 Å². The van der Waals surface area contributed by atoms with Crippen molar-refractivity contribution in [1.82, 2.24) is 9.80 Å². The Bertz CT molecular complexity index is 227. The SMILES string of the molecule is CC(C)CN1CCC(N2CC=CCC2)CC1. The topological polar surface area (TPSA) is 6.48 Å². The number of hydrogen-bond donors (Lipinski definition) is 0. The fraction of sp³-hybridized carbons (Fsp3) is 0.857. The molecule has 0 aromatic heterocycles. The smallest absolute Gasteiger partial charge is 0.0166 e. The molecule has 2 nitrogen and oxygen atoms in total. The summed E-state index contributed by atoms with van der Waals surface area (Å²) >= 11 is 0. The van der Waals surface area contributed by atoms with E-state index in [2.05, 4.69) is 35.8 Å². The fourth-order valence-corrected chi connectivity index (χ4v) is 2.97. The van der Waals surface area contributed by atoms with Crippen molar-refractivity contribution in [2.75, 3.05) is 32.7 Å². The number of piperidine rings is 1. The van der Waals surface area contributed by atoms with Crippen LogP contribution in [0.2, 0.25) is 0 Å². The van der Waals surface area contributed by atoms with Crippen LogP contribution in [-0.2, 0) is 0 Å². The van der Waals surface area contributed by atoms with Crippen molar-refractivity contribution in [3.8, 4) is 0 Å². The van der Waals surface area contributed by atoms with Gasteiger partial charge in [0.1, 0.15) is 0 Å². The van der Waals surface area contributed by atoms with Gasteiger partial charge in [0.2, 0.25) is 0 Å². The van der Waals surface area contributed by atoms with Crippen LogP contribution in [0, 0.1) is 5.92 Å². The first-order valence-corrected chi connectivity index (χ1v) is 6.87. The summed E-state index contributed by atoms with van der Waals surface area (Å²) in [6.07, 6.45) is 8.67. The van der Waals surface area contributed by atoms with Crippen molar-refractivity contribution in [2.24, 2.45) is 5.92 Å². The lowest BCUT2D eigenvalue weighted by Crippen LogP contribution is -2.46. The largest absolute Gasteiger partial charge is 0.303 e. The Labute approximate surface area is 100 Å². The fourth-order valence-electron chi connectivity index (χ4n) is 2.97. The van der Waals surface area contributed by atoms with Crippen molar-refractivity contribution >= 4 is 0 Å². The quantitative estimate of drug-likeness (QED) is 0.676. The van der Waals surface area contributed by atoms with E-state index >= 15 is 0 Å². The van der Waals surface area contributed by atoms with Crippen molar-refractivity contribution in [3.63, 3.8) is 0 Å². The van der Waals surface area contributed by atoms with Gasteiger partial charge < -0.3 is 4.90 Å². The molecule has 2 heterocycles. The average Bonchev–Trinajstić information content (AvgIpc) is 2.30. The van der Waals surface area contributed by atoms with Crippen LogP contribution in [-0.4, -0.2) is 48.6 Å². The highest BCUT2D eigenvalue weighted by Crippen LogP contribution is 2.19. The predicted octanol–water partition coefficient (Wildman–Crippen LogP) is 2.37. The van der Waals surface area contributed by atoms with Gasteiger partial charge in [0.15, 0.2) is 0 Å². The first-order valence-electron chi connectivity index (χ1n) is 6.87. The minimum atomic E-state index is 0.814. The van der Waals surface area contributed by atoms with Crippen LogP contribution >= 0.6 is 0 Å². The Kier molecular flexibility index (Phi) is 4.42. The third-order valence-corrected chi connectivity index (χ3v) is 3.79. The first kappa shape index (κ1) is 12.1. The average molecular weight is 222 g/mol. The van der Waals surface area contributed by atoms with Gasteiger partial charge in [0.25, 0.3) is 0 Å². The molecular formula is C14H26N2. The lowest BCUT2D eigenvalue weighted by molar-refractivity contribution is 0.108. The van der Waals surface area contributed by atoms with Crippen LogP contribution in [0.25, 0.3) is 0 Å². The Balaban J connectivity index is 1.74. The molecule has 0 unspecified atom stereocenters. The molecule has 0 aromatic carbocycles. The summed E-state index contributed by atoms with van der Waals surface area (Å²) in [5.74, 6) is 0.814. The highest BCUT2D eigenvalue weighted by Gasteiger charge is 2.24. The van der Waals surface area contributed by atoms with E-state index < -0.39 is 0 Å². The van der Waals surface area contributed by atoms with Crippen LogP contribution in [0.3, 0.4) is 0 Å². The second-order valence-corrected chi connectivity index (χ2v) is 5.68. The summed E-state index contributed by atoms with van der Waals surface area (Å²) in [4.78, 5) is 5.31. The van der Waals surface area contributed by atoms with E-state index in [0.29, 0.717) is 0 Å². The molecule has 1 fully saturated rings. The van der Waals surface area contributed by atoms with Gasteiger partial charge in [-0.25, -0.2) is 0 Å². The summed E-state index contributed by atoms with van der Waals surface area (Å²) in [6.45, 7) is 11.0. The molecule has 2 aliphatic rings. The van der Waals surface area contributed by atoms with Crippen LogP contribution < -0.4 is 0 Å². The van der Waals surface area contributed by atoms with Gasteiger partial charge in [-0.3, -0.25) is 4.90 Å². The van der Waals surface area contributed by atoms with E-state index in [1.165, 1.54) is 52.0 Å². The second-order valence-electron chi connectivity index (χ2n) is 5.68. The molecule has 0 aromatic rings. The molecule has 0 amide bonds. The van der Waals surface area contributed by atoms with Crippen molar-refractivity contribution < 1.29 is 0 Å². The standard InChI is InChI=1S/C14H26N2/c1-13(2)12-15-10-6-14(7-11-15)16-8-4-3-5-9-16/h3-4,13-14H,5-12H2,1-2H3. The van der Waals surface area contributed by atoms with Crippen molar-refractivity contribution in [2.45, 2.75) is 39.2 Å². The van der Waals surface area contributed by atoms with E-state index in [0.717, 1.165) is 12.0 Å². The zero-order valence-corrected chi connectivity index (χ0v) is 10.9. The van der Waals surface area contributed by atoms with Crippen molar-refractivity contribution in [3.05, 3.63) is 12.2 Å². The Morgan fingerprint density at radius 1 is 1.12 bits per heavy atom. The molecule has 0 N–H and O–H groups in total. The maximum absolute atomic E-state index is 2.67. The zero-order chi connectivity index (χ0) is 11.4. The number of rotatable bonds is 3. The summed E-state index contributed by atoms with van der Waals surface area (Å²) in [5, 5.41) is 0. The molecule has 2 rings (SSSR count). The van der Waals surface area contributed by atoms with Crippen LogP contribution in [0.5, 0.6) is 0 Å². The Morgan fingerprint density at radius 3 is 2.44 bits per heavy atom. The van der Waals surface area contributed by atoms with Crippen LogP contribution in [0.1, 0.15) is 33.1 Å². The van der Waals surface area contributed by atoms with Gasteiger partial charge in [-0.2, -0.15) is 0 Å². The highest BCUT2D eigenvalue weighted by atomic mass is 15.2. The summed E-state index contributed by atoms with van der Waals surface area (Å²) in [5.41, 5.74) is 0. The van der Waals surface area contributed by atoms with Gasteiger partial charge in [-0.1, -0.05) is 26.0 Å². The molecule has 1 saturated heterocycles. The molecule has 0 aliphatic carbocycles. The van der Waals surface area contributed by atoms with Crippen LogP contribution in [0.4, 0.5) is 0 Å². The van der Waals surface area contributed by atoms with Gasteiger partial charge in [0, 0.05) is 25.7 Å². The molecule has 0 bridgehead atoms. The number of hydrogen-bond acceptors (Lipinski definition) is 2. The highest BCUT2D eigenvalue weighted by molar-refractivity contribution is 4.94. The second kappa shape index (κ2) is 5.83. The number of likely N-dealkylation sites (tertiary alicyclic amines) is 1. The molecule has 2 aliphatic heterocycles. The van der Waals surface area contributed by atoms with Gasteiger partial charge >= 0.3 is 0 Å². The summed E-state index contributed by atoms with van der Waals surface area (Å²) in [7, 11) is 0. The van der Waals surface area contributed by atoms with Gasteiger partial charge in [-0.15, -0.1) is 0 Å². The van der Waals surface area contributed by atoms with E-state index in [1.807, 2.05) is 0 Å². The Hall–Kier alpha value is -0.340. The summed E-state index contributed by atoms with van der Waals surface area (Å²) in [6, 6.07) is 0.855. The minimum Gasteiger partial charge on any atom is -0.303 e. The lowest BCUT2D eigenvalue weighted by atomic mass is 10.0. The normalized spacial score (nSPS) is 25.4. The van der Waals surface area contributed by atoms with Gasteiger partial charge in [0.05, 0.1) is 0 Å². The maximum atomic E-state index is 2.67. The first-order chi connectivity index (χ1) is 7.75. The predicted molar refractivity (Wildman–Crippen MR) is 69.6 cm³/mol. The molecular weight excluding hydrogens is 196 g/mol. The Morgan fingerprint density at radius 2 is 1.88 bits per heavy atom. The van der Waals surface area contributed by atoms with Crippen molar-refractivity contribution in [1.29, 1.82) is 0 Å². The molecule has 2 heteroatoms. The molecule has 0 spiro atoms. The minimum absolute atomic E-state index is 0.814. The monoisotopic (exact) mass is 222 g/mol. The molecule has 0 atom stereocenters. The maximum Gasteiger partial charge on any atom is 0.0166 e. The molecule has 0 saturated carbocycles. The van der Waals surface area contributed by atoms with E-state index in [-0.39, 0.29) is 0 Å². The lowest BCUT2D eigenvalue weighted by Gasteiger charge is -2.39. The van der Waals surface area contributed by atoms with E-state index in [4.69, 9.17) is 0 Å². The zero-order valence-electron chi connectivity index (χ0n) is 10.9. The third kappa shape index (κ3) is 3.33. The van der Waals surface area contributed by atoms with E-state index in [1.54, 1.807) is 0 Å². The molecule has 92 valence electrons. The summed E-state index contributed by atoms with van der Waals surface area (Å²) < 4.78 is 0. The molecule has 0 radical (unpaired) electrons. The molecule has 16 heavy (non-hydrogen) atoms. The van der Waals surface area contributed by atoms with Gasteiger partial charge in [-0.05, 0) is 38.3 Å². The number of nitrogens with zero attached hydrogens (tertiary/aromatic N) is 2. The van der Waals surface area contributed by atoms with E-state index in [9.17, 15) is 0 Å². The third-order valence-electron chi connectivity index (χ3n) is 3.79.